The van der Waals surface area contributed by atoms with Gasteiger partial charge in [-0.1, -0.05) is 0 Å². The normalized spacial score (nSPS) is 13.1. The molecule has 0 spiro atoms. The molecule has 1 atom stereocenters. The predicted molar refractivity (Wildman–Crippen MR) is 59.5 cm³/mol. The Hall–Kier alpha value is -1.00. The molecule has 0 saturated carbocycles. The van der Waals surface area contributed by atoms with Crippen molar-refractivity contribution in [1.29, 1.82) is 0 Å². The highest BCUT2D eigenvalue weighted by molar-refractivity contribution is 5.17. The van der Waals surface area contributed by atoms with Crippen molar-refractivity contribution in [2.24, 2.45) is 0 Å². The molecule has 0 bridgehead atoms. The van der Waals surface area contributed by atoms with Crippen LogP contribution >= 0.6 is 0 Å². The van der Waals surface area contributed by atoms with E-state index in [0.29, 0.717) is 12.1 Å². The average Bonchev–Trinajstić information content (AvgIpc) is 2.19. The Morgan fingerprint density at radius 3 is 2.31 bits per heavy atom. The van der Waals surface area contributed by atoms with Crippen LogP contribution in [0, 0.1) is 11.6 Å². The van der Waals surface area contributed by atoms with Crippen LogP contribution in [0.25, 0.3) is 0 Å². The topological polar surface area (TPSA) is 8.88 Å². The zero-order valence-electron chi connectivity index (χ0n) is 10.1. The molecule has 0 aliphatic carbocycles. The van der Waals surface area contributed by atoms with E-state index in [1.807, 2.05) is 7.05 Å². The van der Waals surface area contributed by atoms with Crippen molar-refractivity contribution < 1.29 is 18.6 Å². The molecule has 1 aromatic carbocycles. The molecule has 90 valence electrons. The van der Waals surface area contributed by atoms with E-state index < -0.39 is 11.6 Å². The van der Waals surface area contributed by atoms with E-state index in [-0.39, 0.29) is 0 Å². The highest BCUT2D eigenvalue weighted by Gasteiger charge is 2.10. The highest BCUT2D eigenvalue weighted by Crippen LogP contribution is 2.07. The van der Waals surface area contributed by atoms with E-state index in [0.717, 1.165) is 19.2 Å². The lowest BCUT2D eigenvalue weighted by Gasteiger charge is -2.15. The smallest absolute Gasteiger partial charge is 0.134 e. The van der Waals surface area contributed by atoms with Gasteiger partial charge in [0.2, 0.25) is 0 Å². The number of benzene rings is 1. The molecule has 0 amide bonds. The lowest BCUT2D eigenvalue weighted by Crippen LogP contribution is -3.15. The van der Waals surface area contributed by atoms with Crippen molar-refractivity contribution >= 4 is 0 Å². The Labute approximate surface area is 95.5 Å². The third-order valence-electron chi connectivity index (χ3n) is 2.56. The van der Waals surface area contributed by atoms with Gasteiger partial charge in [-0.2, -0.15) is 0 Å². The summed E-state index contributed by atoms with van der Waals surface area (Å²) >= 11 is 0. The van der Waals surface area contributed by atoms with Crippen LogP contribution in [0.2, 0.25) is 0 Å². The molecular weight excluding hydrogens is 210 g/mol. The zero-order valence-corrected chi connectivity index (χ0v) is 10.1. The van der Waals surface area contributed by atoms with E-state index in [9.17, 15) is 8.78 Å². The van der Waals surface area contributed by atoms with Crippen molar-refractivity contribution in [3.05, 3.63) is 35.4 Å². The minimum atomic E-state index is -0.517. The first-order valence-corrected chi connectivity index (χ1v) is 5.53. The second-order valence-corrected chi connectivity index (χ2v) is 4.58. The maximum Gasteiger partial charge on any atom is 0.134 e. The van der Waals surface area contributed by atoms with Crippen LogP contribution in [0.4, 0.5) is 8.78 Å². The minimum absolute atomic E-state index is 0.448. The lowest BCUT2D eigenvalue weighted by atomic mass is 10.2. The molecule has 0 aliphatic rings. The van der Waals surface area contributed by atoms with Gasteiger partial charge in [-0.25, -0.2) is 8.78 Å². The van der Waals surface area contributed by atoms with E-state index in [1.54, 1.807) is 0 Å². The maximum absolute atomic E-state index is 13.4. The summed E-state index contributed by atoms with van der Waals surface area (Å²) in [5.41, 5.74) is 0.577. The Kier molecular flexibility index (Phi) is 4.83. The molecule has 0 aromatic heterocycles. The summed E-state index contributed by atoms with van der Waals surface area (Å²) in [6.07, 6.45) is 0. The average molecular weight is 230 g/mol. The van der Waals surface area contributed by atoms with Crippen molar-refractivity contribution in [1.82, 2.24) is 0 Å². The molecule has 0 aliphatic heterocycles. The first kappa shape index (κ1) is 13.1. The van der Waals surface area contributed by atoms with Crippen molar-refractivity contribution in [2.45, 2.75) is 6.54 Å². The van der Waals surface area contributed by atoms with E-state index >= 15 is 0 Å². The lowest BCUT2D eigenvalue weighted by molar-refractivity contribution is -0.937. The van der Waals surface area contributed by atoms with Gasteiger partial charge in [-0.3, -0.25) is 0 Å². The molecule has 0 saturated heterocycles. The van der Waals surface area contributed by atoms with Gasteiger partial charge in [0.25, 0.3) is 0 Å². The summed E-state index contributed by atoms with van der Waals surface area (Å²) in [6.45, 7) is 2.60. The molecule has 2 N–H and O–H groups in total. The number of halogens is 2. The molecular formula is C12H20F2N2+2. The Morgan fingerprint density at radius 2 is 1.75 bits per heavy atom. The number of rotatable bonds is 5. The fourth-order valence-corrected chi connectivity index (χ4v) is 1.54. The van der Waals surface area contributed by atoms with Crippen molar-refractivity contribution in [3.8, 4) is 0 Å². The summed E-state index contributed by atoms with van der Waals surface area (Å²) in [4.78, 5) is 2.60. The quantitative estimate of drug-likeness (QED) is 0.650. The van der Waals surface area contributed by atoms with Crippen LogP contribution in [-0.4, -0.2) is 34.2 Å². The van der Waals surface area contributed by atoms with Crippen LogP contribution in [-0.2, 0) is 6.54 Å². The van der Waals surface area contributed by atoms with Gasteiger partial charge in [0.1, 0.15) is 31.3 Å². The number of hydrogen-bond acceptors (Lipinski definition) is 0. The number of likely N-dealkylation sites (N-methyl/N-ethyl adjacent to an activating group) is 2. The van der Waals surface area contributed by atoms with Crippen molar-refractivity contribution in [3.63, 3.8) is 0 Å². The van der Waals surface area contributed by atoms with Gasteiger partial charge in [0.15, 0.2) is 0 Å². The largest absolute Gasteiger partial charge is 0.335 e. The number of hydrogen-bond donors (Lipinski definition) is 2. The second-order valence-electron chi connectivity index (χ2n) is 4.58. The highest BCUT2D eigenvalue weighted by atomic mass is 19.1. The summed E-state index contributed by atoms with van der Waals surface area (Å²) in [5.74, 6) is -0.965. The fraction of sp³-hybridized carbons (Fsp3) is 0.500. The zero-order chi connectivity index (χ0) is 12.1. The number of quaternary nitrogens is 2. The SMILES string of the molecule is C[NH+](C)CC[NH+](C)Cc1ccc(F)cc1F. The molecule has 1 unspecified atom stereocenters. The Morgan fingerprint density at radius 1 is 1.06 bits per heavy atom. The fourth-order valence-electron chi connectivity index (χ4n) is 1.54. The van der Waals surface area contributed by atoms with Crippen LogP contribution in [0.15, 0.2) is 18.2 Å². The van der Waals surface area contributed by atoms with E-state index in [4.69, 9.17) is 0 Å². The van der Waals surface area contributed by atoms with Gasteiger partial charge < -0.3 is 9.80 Å². The molecule has 16 heavy (non-hydrogen) atoms. The van der Waals surface area contributed by atoms with E-state index in [2.05, 4.69) is 14.1 Å². The second kappa shape index (κ2) is 5.92. The molecule has 4 heteroatoms. The molecule has 1 aromatic rings. The van der Waals surface area contributed by atoms with Crippen LogP contribution in [0.1, 0.15) is 5.56 Å². The number of nitrogens with one attached hydrogen (secondary N) is 2. The van der Waals surface area contributed by atoms with E-state index in [1.165, 1.54) is 21.9 Å². The first-order valence-electron chi connectivity index (χ1n) is 5.53. The first-order chi connectivity index (χ1) is 7.49. The third kappa shape index (κ3) is 4.24. The van der Waals surface area contributed by atoms with Gasteiger partial charge in [-0.05, 0) is 12.1 Å². The molecule has 0 fully saturated rings. The Balaban J connectivity index is 2.52. The van der Waals surface area contributed by atoms with Gasteiger partial charge in [0, 0.05) is 11.6 Å². The van der Waals surface area contributed by atoms with Gasteiger partial charge >= 0.3 is 0 Å². The van der Waals surface area contributed by atoms with Crippen molar-refractivity contribution in [2.75, 3.05) is 34.2 Å². The van der Waals surface area contributed by atoms with Crippen LogP contribution in [0.3, 0.4) is 0 Å². The molecule has 2 nitrogen and oxygen atoms in total. The van der Waals surface area contributed by atoms with Gasteiger partial charge in [-0.15, -0.1) is 0 Å². The summed E-state index contributed by atoms with van der Waals surface area (Å²) in [6, 6.07) is 3.78. The Bertz CT molecular complexity index is 340. The molecule has 0 radical (unpaired) electrons. The summed E-state index contributed by atoms with van der Waals surface area (Å²) < 4.78 is 26.0. The maximum atomic E-state index is 13.4. The standard InChI is InChI=1S/C12H18F2N2/c1-15(2)6-7-16(3)9-10-4-5-11(13)8-12(10)14/h4-5,8H,6-7,9H2,1-3H3/p+2. The molecule has 0 heterocycles. The predicted octanol–water partition coefficient (Wildman–Crippen LogP) is -0.876. The van der Waals surface area contributed by atoms with Gasteiger partial charge in [0.05, 0.1) is 21.1 Å². The summed E-state index contributed by atoms with van der Waals surface area (Å²) in [7, 11) is 6.20. The minimum Gasteiger partial charge on any atom is -0.335 e. The third-order valence-corrected chi connectivity index (χ3v) is 2.56. The summed E-state index contributed by atoms with van der Waals surface area (Å²) in [5, 5.41) is 0. The van der Waals surface area contributed by atoms with Crippen LogP contribution < -0.4 is 9.80 Å². The monoisotopic (exact) mass is 230 g/mol. The molecule has 1 rings (SSSR count). The van der Waals surface area contributed by atoms with Crippen LogP contribution in [0.5, 0.6) is 0 Å².